The lowest BCUT2D eigenvalue weighted by Gasteiger charge is -2.16. The van der Waals surface area contributed by atoms with Gasteiger partial charge in [-0.1, -0.05) is 19.1 Å². The quantitative estimate of drug-likeness (QED) is 0.864. The molecule has 2 aliphatic heterocycles. The van der Waals surface area contributed by atoms with Gasteiger partial charge in [0.1, 0.15) is 11.6 Å². The van der Waals surface area contributed by atoms with Gasteiger partial charge in [0, 0.05) is 32.0 Å². The number of carbonyl (C=O) groups excluding carboxylic acids is 1. The normalized spacial score (nSPS) is 18.3. The van der Waals surface area contributed by atoms with Gasteiger partial charge in [-0.2, -0.15) is 5.10 Å². The molecule has 7 heteroatoms. The van der Waals surface area contributed by atoms with Crippen LogP contribution in [0.5, 0.6) is 5.75 Å². The van der Waals surface area contributed by atoms with Gasteiger partial charge < -0.3 is 10.1 Å². The molecule has 1 aromatic heterocycles. The van der Waals surface area contributed by atoms with Crippen LogP contribution in [0.4, 0.5) is 0 Å². The lowest BCUT2D eigenvalue weighted by molar-refractivity contribution is -0.121. The molecule has 0 saturated heterocycles. The Bertz CT molecular complexity index is 899. The second-order valence-electron chi connectivity index (χ2n) is 7.38. The minimum atomic E-state index is -0.0285. The molecule has 1 amide bonds. The molecule has 27 heavy (non-hydrogen) atoms. The number of rotatable bonds is 5. The number of carbonyl (C=O) groups is 1. The van der Waals surface area contributed by atoms with E-state index in [-0.39, 0.29) is 17.6 Å². The van der Waals surface area contributed by atoms with Crippen molar-refractivity contribution in [2.45, 2.75) is 64.6 Å². The standard InChI is InChI=1S/C20H26N4O3/c1-2-9-24-20(26)23-10-7-16(4-6-18(23)22-24)21-19(25)13-14-3-5-17-15(12-14)8-11-27-17/h3,5,12,16H,2,4,6-11,13H2,1H3,(H,21,25). The van der Waals surface area contributed by atoms with E-state index in [0.717, 1.165) is 49.4 Å². The number of hydrogen-bond acceptors (Lipinski definition) is 4. The van der Waals surface area contributed by atoms with Crippen molar-refractivity contribution in [3.05, 3.63) is 45.6 Å². The molecule has 2 aromatic rings. The van der Waals surface area contributed by atoms with Gasteiger partial charge in [0.15, 0.2) is 0 Å². The second-order valence-corrected chi connectivity index (χ2v) is 7.38. The van der Waals surface area contributed by atoms with Crippen LogP contribution in [0.25, 0.3) is 0 Å². The highest BCUT2D eigenvalue weighted by Gasteiger charge is 2.22. The maximum atomic E-state index is 12.5. The Morgan fingerprint density at radius 1 is 1.33 bits per heavy atom. The Labute approximate surface area is 158 Å². The first-order valence-electron chi connectivity index (χ1n) is 9.84. The predicted molar refractivity (Wildman–Crippen MR) is 101 cm³/mol. The summed E-state index contributed by atoms with van der Waals surface area (Å²) in [6.45, 7) is 4.03. The third-order valence-electron chi connectivity index (χ3n) is 5.34. The molecule has 2 aliphatic rings. The van der Waals surface area contributed by atoms with Crippen LogP contribution in [-0.4, -0.2) is 32.9 Å². The van der Waals surface area contributed by atoms with Crippen LogP contribution in [-0.2, 0) is 37.1 Å². The number of aryl methyl sites for hydroxylation is 2. The molecule has 4 rings (SSSR count). The SMILES string of the molecule is CCCn1nc2n(c1=O)CCC(NC(=O)Cc1ccc3c(c1)CCO3)CC2. The highest BCUT2D eigenvalue weighted by molar-refractivity contribution is 5.79. The molecule has 0 aliphatic carbocycles. The van der Waals surface area contributed by atoms with Crippen molar-refractivity contribution in [1.29, 1.82) is 0 Å². The van der Waals surface area contributed by atoms with Crippen molar-refractivity contribution in [3.8, 4) is 5.75 Å². The molecule has 7 nitrogen and oxygen atoms in total. The molecule has 0 spiro atoms. The van der Waals surface area contributed by atoms with Gasteiger partial charge in [-0.3, -0.25) is 9.36 Å². The van der Waals surface area contributed by atoms with Gasteiger partial charge in [-0.05, 0) is 36.5 Å². The van der Waals surface area contributed by atoms with E-state index in [0.29, 0.717) is 25.9 Å². The third kappa shape index (κ3) is 3.77. The highest BCUT2D eigenvalue weighted by atomic mass is 16.5. The Hall–Kier alpha value is -2.57. The zero-order chi connectivity index (χ0) is 18.8. The lowest BCUT2D eigenvalue weighted by atomic mass is 10.0. The molecule has 1 atom stereocenters. The first-order chi connectivity index (χ1) is 13.1. The molecular weight excluding hydrogens is 344 g/mol. The van der Waals surface area contributed by atoms with Crippen molar-refractivity contribution < 1.29 is 9.53 Å². The van der Waals surface area contributed by atoms with Gasteiger partial charge in [-0.25, -0.2) is 9.48 Å². The highest BCUT2D eigenvalue weighted by Crippen LogP contribution is 2.26. The zero-order valence-electron chi connectivity index (χ0n) is 15.7. The molecule has 1 unspecified atom stereocenters. The van der Waals surface area contributed by atoms with E-state index in [1.807, 2.05) is 19.1 Å². The number of amides is 1. The van der Waals surface area contributed by atoms with Crippen molar-refractivity contribution in [3.63, 3.8) is 0 Å². The maximum absolute atomic E-state index is 12.5. The average molecular weight is 370 g/mol. The van der Waals surface area contributed by atoms with Crippen LogP contribution in [0.2, 0.25) is 0 Å². The summed E-state index contributed by atoms with van der Waals surface area (Å²) in [5.41, 5.74) is 2.17. The number of fused-ring (bicyclic) bond motifs is 2. The summed E-state index contributed by atoms with van der Waals surface area (Å²) in [6, 6.07) is 6.07. The van der Waals surface area contributed by atoms with Crippen LogP contribution in [0.1, 0.15) is 43.1 Å². The first-order valence-corrected chi connectivity index (χ1v) is 9.84. The fourth-order valence-electron chi connectivity index (χ4n) is 3.94. The van der Waals surface area contributed by atoms with Crippen molar-refractivity contribution >= 4 is 5.91 Å². The number of nitrogens with one attached hydrogen (secondary N) is 1. The summed E-state index contributed by atoms with van der Waals surface area (Å²) in [7, 11) is 0. The fraction of sp³-hybridized carbons (Fsp3) is 0.550. The van der Waals surface area contributed by atoms with Crippen molar-refractivity contribution in [2.75, 3.05) is 6.61 Å². The Morgan fingerprint density at radius 2 is 2.22 bits per heavy atom. The molecule has 0 bridgehead atoms. The van der Waals surface area contributed by atoms with Gasteiger partial charge in [-0.15, -0.1) is 0 Å². The predicted octanol–water partition coefficient (Wildman–Crippen LogP) is 1.45. The van der Waals surface area contributed by atoms with Crippen molar-refractivity contribution in [1.82, 2.24) is 19.7 Å². The minimum Gasteiger partial charge on any atom is -0.493 e. The molecular formula is C20H26N4O3. The topological polar surface area (TPSA) is 78.2 Å². The van der Waals surface area contributed by atoms with Crippen LogP contribution in [0, 0.1) is 0 Å². The van der Waals surface area contributed by atoms with E-state index >= 15 is 0 Å². The Balaban J connectivity index is 1.35. The summed E-state index contributed by atoms with van der Waals surface area (Å²) in [4.78, 5) is 24.9. The summed E-state index contributed by atoms with van der Waals surface area (Å²) < 4.78 is 8.84. The molecule has 3 heterocycles. The van der Waals surface area contributed by atoms with E-state index in [1.165, 1.54) is 5.56 Å². The van der Waals surface area contributed by atoms with Gasteiger partial charge in [0.05, 0.1) is 13.0 Å². The van der Waals surface area contributed by atoms with E-state index in [2.05, 4.69) is 16.5 Å². The molecule has 1 aromatic carbocycles. The second kappa shape index (κ2) is 7.58. The monoisotopic (exact) mass is 370 g/mol. The number of nitrogens with zero attached hydrogens (tertiary/aromatic N) is 3. The average Bonchev–Trinajstić information content (AvgIpc) is 3.16. The molecule has 0 fully saturated rings. The van der Waals surface area contributed by atoms with Crippen LogP contribution in [0.3, 0.4) is 0 Å². The smallest absolute Gasteiger partial charge is 0.345 e. The van der Waals surface area contributed by atoms with Gasteiger partial charge >= 0.3 is 5.69 Å². The van der Waals surface area contributed by atoms with Crippen molar-refractivity contribution in [2.24, 2.45) is 0 Å². The molecule has 0 saturated carbocycles. The lowest BCUT2D eigenvalue weighted by Crippen LogP contribution is -2.36. The van der Waals surface area contributed by atoms with Crippen LogP contribution < -0.4 is 15.7 Å². The molecule has 1 N–H and O–H groups in total. The third-order valence-corrected chi connectivity index (χ3v) is 5.34. The zero-order valence-corrected chi connectivity index (χ0v) is 15.7. The van der Waals surface area contributed by atoms with Gasteiger partial charge in [0.25, 0.3) is 0 Å². The van der Waals surface area contributed by atoms with Crippen LogP contribution in [0.15, 0.2) is 23.0 Å². The number of hydrogen-bond donors (Lipinski definition) is 1. The largest absolute Gasteiger partial charge is 0.493 e. The fourth-order valence-corrected chi connectivity index (χ4v) is 3.94. The Kier molecular flexibility index (Phi) is 5.01. The maximum Gasteiger partial charge on any atom is 0.345 e. The summed E-state index contributed by atoms with van der Waals surface area (Å²) >= 11 is 0. The van der Waals surface area contributed by atoms with Crippen LogP contribution >= 0.6 is 0 Å². The molecule has 144 valence electrons. The number of aromatic nitrogens is 3. The van der Waals surface area contributed by atoms with E-state index in [9.17, 15) is 9.59 Å². The summed E-state index contributed by atoms with van der Waals surface area (Å²) in [5, 5.41) is 7.60. The first kappa shape index (κ1) is 17.8. The number of benzene rings is 1. The summed E-state index contributed by atoms with van der Waals surface area (Å²) in [5.74, 6) is 1.80. The number of ether oxygens (including phenoxy) is 1. The van der Waals surface area contributed by atoms with Gasteiger partial charge in [0.2, 0.25) is 5.91 Å². The summed E-state index contributed by atoms with van der Waals surface area (Å²) in [6.07, 6.45) is 4.46. The molecule has 0 radical (unpaired) electrons. The Morgan fingerprint density at radius 3 is 3.07 bits per heavy atom. The van der Waals surface area contributed by atoms with E-state index in [1.54, 1.807) is 9.25 Å². The van der Waals surface area contributed by atoms with E-state index in [4.69, 9.17) is 4.74 Å². The minimum absolute atomic E-state index is 0.0285. The van der Waals surface area contributed by atoms with E-state index < -0.39 is 0 Å².